The third kappa shape index (κ3) is 5.59. The lowest BCUT2D eigenvalue weighted by molar-refractivity contribution is -0.745. The molecular formula is C20H30F3N4O4S+. The predicted octanol–water partition coefficient (Wildman–Crippen LogP) is 3.75. The Kier molecular flexibility index (Phi) is 7.63. The number of alkyl halides is 3. The highest BCUT2D eigenvalue weighted by atomic mass is 32.2. The molecule has 0 fully saturated rings. The molecule has 2 heterocycles. The van der Waals surface area contributed by atoms with Crippen LogP contribution in [-0.2, 0) is 14.8 Å². The number of halogens is 3. The standard InChI is InChI=1S/C20H30F3N4O4S/c1-15-14-27(16(13-24)9-8-10-17(27)25-15)12-7-5-6-11-26(18(28)31-19(2,3)4)32(29,30)20(21,22)23/h8-10,14H,5-7,11-13,24H2,1-4H3/q+1. The van der Waals surface area contributed by atoms with Crippen molar-refractivity contribution in [3.05, 3.63) is 35.8 Å². The maximum Gasteiger partial charge on any atom is 0.516 e. The first-order chi connectivity index (χ1) is 14.6. The van der Waals surface area contributed by atoms with Crippen molar-refractivity contribution in [2.75, 3.05) is 19.6 Å². The molecule has 0 bridgehead atoms. The van der Waals surface area contributed by atoms with E-state index in [4.69, 9.17) is 10.5 Å². The second-order valence-corrected chi connectivity index (χ2v) is 10.5. The van der Waals surface area contributed by atoms with Gasteiger partial charge < -0.3 is 10.5 Å². The Bertz CT molecular complexity index is 962. The van der Waals surface area contributed by atoms with Crippen LogP contribution < -0.4 is 5.73 Å². The molecule has 2 aliphatic rings. The molecule has 0 saturated carbocycles. The number of unbranched alkanes of at least 4 members (excludes halogenated alkanes) is 2. The van der Waals surface area contributed by atoms with Crippen LogP contribution in [0.25, 0.3) is 0 Å². The van der Waals surface area contributed by atoms with Gasteiger partial charge in [0, 0.05) is 12.6 Å². The molecule has 0 spiro atoms. The number of hydrogen-bond donors (Lipinski definition) is 1. The van der Waals surface area contributed by atoms with Gasteiger partial charge in [0.1, 0.15) is 17.5 Å². The second-order valence-electron chi connectivity index (χ2n) is 8.62. The van der Waals surface area contributed by atoms with Gasteiger partial charge in [-0.1, -0.05) is 0 Å². The summed E-state index contributed by atoms with van der Waals surface area (Å²) in [5.74, 6) is 0.806. The number of carbonyl (C=O) groups is 1. The van der Waals surface area contributed by atoms with Crippen LogP contribution in [0.1, 0.15) is 47.0 Å². The van der Waals surface area contributed by atoms with Crippen molar-refractivity contribution in [2.24, 2.45) is 10.7 Å². The number of fused-ring (bicyclic) bond motifs is 1. The van der Waals surface area contributed by atoms with Crippen molar-refractivity contribution in [2.45, 2.75) is 58.1 Å². The lowest BCUT2D eigenvalue weighted by Gasteiger charge is -2.34. The van der Waals surface area contributed by atoms with Crippen molar-refractivity contribution >= 4 is 22.0 Å². The van der Waals surface area contributed by atoms with E-state index >= 15 is 0 Å². The monoisotopic (exact) mass is 479 g/mol. The predicted molar refractivity (Wildman–Crippen MR) is 114 cm³/mol. The van der Waals surface area contributed by atoms with Gasteiger partial charge >= 0.3 is 21.6 Å². The fourth-order valence-corrected chi connectivity index (χ4v) is 4.41. The Morgan fingerprint density at radius 3 is 2.44 bits per heavy atom. The van der Waals surface area contributed by atoms with Gasteiger partial charge in [0.05, 0.1) is 18.8 Å². The first-order valence-corrected chi connectivity index (χ1v) is 11.6. The molecule has 0 radical (unpaired) electrons. The Morgan fingerprint density at radius 1 is 1.22 bits per heavy atom. The fourth-order valence-electron chi connectivity index (χ4n) is 3.56. The highest BCUT2D eigenvalue weighted by Gasteiger charge is 2.52. The molecule has 1 unspecified atom stereocenters. The number of rotatable bonds is 8. The molecule has 12 heteroatoms. The summed E-state index contributed by atoms with van der Waals surface area (Å²) in [4.78, 5) is 16.7. The van der Waals surface area contributed by atoms with Gasteiger partial charge in [-0.05, 0) is 59.1 Å². The zero-order chi connectivity index (χ0) is 24.4. The molecule has 2 N–H and O–H groups in total. The van der Waals surface area contributed by atoms with E-state index in [2.05, 4.69) is 4.99 Å². The van der Waals surface area contributed by atoms with E-state index in [0.717, 1.165) is 17.2 Å². The smallest absolute Gasteiger partial charge is 0.443 e. The van der Waals surface area contributed by atoms with Crippen LogP contribution in [0, 0.1) is 0 Å². The number of nitrogens with zero attached hydrogens (tertiary/aromatic N) is 3. The van der Waals surface area contributed by atoms with Crippen LogP contribution in [0.3, 0.4) is 0 Å². The third-order valence-corrected chi connectivity index (χ3v) is 6.41. The molecular weight excluding hydrogens is 449 g/mol. The zero-order valence-electron chi connectivity index (χ0n) is 18.6. The first kappa shape index (κ1) is 26.1. The van der Waals surface area contributed by atoms with Gasteiger partial charge in [-0.2, -0.15) is 30.9 Å². The van der Waals surface area contributed by atoms with E-state index in [1.807, 2.05) is 31.4 Å². The minimum Gasteiger partial charge on any atom is -0.443 e. The minimum atomic E-state index is -5.86. The number of sulfonamides is 1. The maximum absolute atomic E-state index is 13.1. The Balaban J connectivity index is 2.06. The topological polar surface area (TPSA) is 102 Å². The summed E-state index contributed by atoms with van der Waals surface area (Å²) in [6.45, 7) is 6.43. The number of aliphatic imine (C=N–C) groups is 1. The van der Waals surface area contributed by atoms with E-state index < -0.39 is 33.8 Å². The van der Waals surface area contributed by atoms with Crippen LogP contribution in [0.4, 0.5) is 18.0 Å². The Morgan fingerprint density at radius 2 is 1.88 bits per heavy atom. The third-order valence-electron chi connectivity index (χ3n) is 4.91. The van der Waals surface area contributed by atoms with Crippen LogP contribution in [0.5, 0.6) is 0 Å². The molecule has 8 nitrogen and oxygen atoms in total. The van der Waals surface area contributed by atoms with Crippen LogP contribution in [0.2, 0.25) is 0 Å². The molecule has 0 saturated heterocycles. The number of ether oxygens (including phenoxy) is 1. The Hall–Kier alpha value is -2.18. The van der Waals surface area contributed by atoms with Gasteiger partial charge in [0.15, 0.2) is 0 Å². The summed E-state index contributed by atoms with van der Waals surface area (Å²) in [6, 6.07) is 0. The quantitative estimate of drug-likeness (QED) is 0.422. The van der Waals surface area contributed by atoms with E-state index in [0.29, 0.717) is 30.4 Å². The van der Waals surface area contributed by atoms with Crippen molar-refractivity contribution < 1.29 is 35.6 Å². The summed E-state index contributed by atoms with van der Waals surface area (Å²) < 4.78 is 68.0. The highest BCUT2D eigenvalue weighted by Crippen LogP contribution is 2.32. The minimum absolute atomic E-state index is 0.0429. The van der Waals surface area contributed by atoms with E-state index in [-0.39, 0.29) is 10.7 Å². The fraction of sp³-hybridized carbons (Fsp3) is 0.600. The number of amides is 1. The Labute approximate surface area is 186 Å². The van der Waals surface area contributed by atoms with Crippen LogP contribution in [0.15, 0.2) is 40.8 Å². The molecule has 0 aromatic heterocycles. The highest BCUT2D eigenvalue weighted by molar-refractivity contribution is 7.90. The average Bonchev–Trinajstić information content (AvgIpc) is 2.97. The lowest BCUT2D eigenvalue weighted by atomic mass is 10.1. The zero-order valence-corrected chi connectivity index (χ0v) is 19.5. The molecule has 32 heavy (non-hydrogen) atoms. The van der Waals surface area contributed by atoms with Gasteiger partial charge in [0.25, 0.3) is 0 Å². The normalized spacial score (nSPS) is 20.9. The number of hydrogen-bond acceptors (Lipinski definition) is 6. The van der Waals surface area contributed by atoms with Gasteiger partial charge in [0.2, 0.25) is 5.84 Å². The second kappa shape index (κ2) is 9.36. The van der Waals surface area contributed by atoms with E-state index in [1.54, 1.807) is 0 Å². The molecule has 0 aromatic carbocycles. The average molecular weight is 480 g/mol. The van der Waals surface area contributed by atoms with Crippen molar-refractivity contribution in [3.63, 3.8) is 0 Å². The van der Waals surface area contributed by atoms with Crippen LogP contribution in [-0.4, -0.2) is 59.9 Å². The van der Waals surface area contributed by atoms with Gasteiger partial charge in [-0.3, -0.25) is 0 Å². The number of allylic oxidation sites excluding steroid dienone is 3. The summed E-state index contributed by atoms with van der Waals surface area (Å²) in [5.41, 5.74) is 0.911. The SMILES string of the molecule is CC1=C[N+]2(CCCCCN(C(=O)OC(C)(C)C)S(=O)(=O)C(F)(F)F)C(CN)=CC=CC2=N1. The number of nitrogens with two attached hydrogens (primary N) is 1. The number of quaternary nitrogens is 1. The molecule has 2 rings (SSSR count). The maximum atomic E-state index is 13.1. The van der Waals surface area contributed by atoms with Crippen molar-refractivity contribution in [3.8, 4) is 0 Å². The first-order valence-electron chi connectivity index (χ1n) is 10.2. The number of amidine groups is 1. The summed E-state index contributed by atoms with van der Waals surface area (Å²) in [5, 5.41) is 0. The van der Waals surface area contributed by atoms with Crippen LogP contribution >= 0.6 is 0 Å². The summed E-state index contributed by atoms with van der Waals surface area (Å²) in [6.07, 6.45) is 7.06. The number of carbonyl (C=O) groups excluding carboxylic acids is 1. The van der Waals surface area contributed by atoms with Crippen molar-refractivity contribution in [1.29, 1.82) is 0 Å². The van der Waals surface area contributed by atoms with Gasteiger partial charge in [-0.15, -0.1) is 0 Å². The summed E-state index contributed by atoms with van der Waals surface area (Å²) in [7, 11) is -5.86. The molecule has 180 valence electrons. The largest absolute Gasteiger partial charge is 0.516 e. The molecule has 2 aliphatic heterocycles. The molecule has 1 atom stereocenters. The molecule has 0 aliphatic carbocycles. The van der Waals surface area contributed by atoms with Gasteiger partial charge in [-0.25, -0.2) is 9.28 Å². The lowest BCUT2D eigenvalue weighted by Crippen LogP contribution is -2.48. The molecule has 0 aromatic rings. The summed E-state index contributed by atoms with van der Waals surface area (Å²) >= 11 is 0. The molecule has 1 amide bonds. The van der Waals surface area contributed by atoms with E-state index in [9.17, 15) is 26.4 Å². The van der Waals surface area contributed by atoms with E-state index in [1.165, 1.54) is 20.8 Å². The van der Waals surface area contributed by atoms with Crippen molar-refractivity contribution in [1.82, 2.24) is 4.31 Å².